The van der Waals surface area contributed by atoms with E-state index >= 15 is 0 Å². The molecule has 0 aliphatic carbocycles. The molecule has 0 aromatic carbocycles. The molecule has 0 amide bonds. The SMILES string of the molecule is CN1CCC(C)(CNc2nccn3cnnc23)CC1. The van der Waals surface area contributed by atoms with E-state index in [4.69, 9.17) is 0 Å². The second-order valence-corrected chi connectivity index (χ2v) is 5.81. The van der Waals surface area contributed by atoms with Gasteiger partial charge in [-0.25, -0.2) is 4.98 Å². The van der Waals surface area contributed by atoms with Gasteiger partial charge in [0, 0.05) is 18.9 Å². The van der Waals surface area contributed by atoms with Crippen molar-refractivity contribution in [3.05, 3.63) is 18.7 Å². The number of nitrogens with one attached hydrogen (secondary N) is 1. The van der Waals surface area contributed by atoms with E-state index in [1.54, 1.807) is 12.5 Å². The fourth-order valence-electron chi connectivity index (χ4n) is 2.52. The minimum atomic E-state index is 0.334. The van der Waals surface area contributed by atoms with Crippen LogP contribution in [-0.4, -0.2) is 51.2 Å². The predicted molar refractivity (Wildman–Crippen MR) is 74.1 cm³/mol. The van der Waals surface area contributed by atoms with E-state index in [1.165, 1.54) is 25.9 Å². The number of rotatable bonds is 3. The Balaban J connectivity index is 1.70. The summed E-state index contributed by atoms with van der Waals surface area (Å²) in [6.45, 7) is 5.61. The Morgan fingerprint density at radius 1 is 1.37 bits per heavy atom. The number of piperidine rings is 1. The summed E-state index contributed by atoms with van der Waals surface area (Å²) in [6, 6.07) is 0. The zero-order valence-corrected chi connectivity index (χ0v) is 11.5. The maximum Gasteiger partial charge on any atom is 0.203 e. The van der Waals surface area contributed by atoms with Crippen LogP contribution in [0, 0.1) is 5.41 Å². The molecule has 3 heterocycles. The first-order valence-corrected chi connectivity index (χ1v) is 6.73. The van der Waals surface area contributed by atoms with Crippen molar-refractivity contribution in [2.24, 2.45) is 5.41 Å². The number of fused-ring (bicyclic) bond motifs is 1. The highest BCUT2D eigenvalue weighted by atomic mass is 15.2. The number of nitrogens with zero attached hydrogens (tertiary/aromatic N) is 5. The number of anilines is 1. The van der Waals surface area contributed by atoms with Crippen molar-refractivity contribution in [2.45, 2.75) is 19.8 Å². The highest BCUT2D eigenvalue weighted by Gasteiger charge is 2.28. The van der Waals surface area contributed by atoms with Crippen LogP contribution in [0.5, 0.6) is 0 Å². The quantitative estimate of drug-likeness (QED) is 0.900. The highest BCUT2D eigenvalue weighted by Crippen LogP contribution is 2.30. The zero-order valence-electron chi connectivity index (χ0n) is 11.5. The molecule has 0 atom stereocenters. The first-order chi connectivity index (χ1) is 9.16. The van der Waals surface area contributed by atoms with Crippen molar-refractivity contribution in [3.63, 3.8) is 0 Å². The monoisotopic (exact) mass is 260 g/mol. The maximum absolute atomic E-state index is 4.36. The summed E-state index contributed by atoms with van der Waals surface area (Å²) in [7, 11) is 2.19. The average Bonchev–Trinajstić information content (AvgIpc) is 2.89. The standard InChI is InChI=1S/C13H20N6/c1-13(3-6-18(2)7-4-13)9-15-11-12-17-16-10-19(12)8-5-14-11/h5,8,10H,3-4,6-7,9H2,1-2H3,(H,14,15). The van der Waals surface area contributed by atoms with Gasteiger partial charge in [0.05, 0.1) is 0 Å². The molecule has 102 valence electrons. The van der Waals surface area contributed by atoms with Gasteiger partial charge in [0.2, 0.25) is 5.65 Å². The lowest BCUT2D eigenvalue weighted by molar-refractivity contribution is 0.150. The van der Waals surface area contributed by atoms with Gasteiger partial charge in [-0.05, 0) is 38.4 Å². The van der Waals surface area contributed by atoms with Gasteiger partial charge in [-0.3, -0.25) is 4.40 Å². The van der Waals surface area contributed by atoms with Gasteiger partial charge in [-0.1, -0.05) is 6.92 Å². The average molecular weight is 260 g/mol. The normalized spacial score (nSPS) is 19.7. The first-order valence-electron chi connectivity index (χ1n) is 6.73. The van der Waals surface area contributed by atoms with E-state index in [1.807, 2.05) is 10.6 Å². The third kappa shape index (κ3) is 2.53. The molecule has 1 fully saturated rings. The van der Waals surface area contributed by atoms with Gasteiger partial charge >= 0.3 is 0 Å². The summed E-state index contributed by atoms with van der Waals surface area (Å²) in [5, 5.41) is 11.5. The lowest BCUT2D eigenvalue weighted by Gasteiger charge is -2.38. The molecule has 2 aromatic rings. The molecule has 3 rings (SSSR count). The van der Waals surface area contributed by atoms with Crippen LogP contribution >= 0.6 is 0 Å². The van der Waals surface area contributed by atoms with Crippen molar-refractivity contribution in [1.82, 2.24) is 24.5 Å². The minimum absolute atomic E-state index is 0.334. The summed E-state index contributed by atoms with van der Waals surface area (Å²) in [4.78, 5) is 6.75. The van der Waals surface area contributed by atoms with Crippen LogP contribution in [0.25, 0.3) is 5.65 Å². The number of aromatic nitrogens is 4. The predicted octanol–water partition coefficient (Wildman–Crippen LogP) is 1.27. The van der Waals surface area contributed by atoms with Gasteiger partial charge in [-0.15, -0.1) is 10.2 Å². The molecular weight excluding hydrogens is 240 g/mol. The zero-order chi connectivity index (χ0) is 13.3. The lowest BCUT2D eigenvalue weighted by Crippen LogP contribution is -2.40. The molecule has 2 aromatic heterocycles. The van der Waals surface area contributed by atoms with Crippen LogP contribution in [-0.2, 0) is 0 Å². The van der Waals surface area contributed by atoms with E-state index in [9.17, 15) is 0 Å². The molecule has 19 heavy (non-hydrogen) atoms. The highest BCUT2D eigenvalue weighted by molar-refractivity contribution is 5.61. The largest absolute Gasteiger partial charge is 0.366 e. The molecule has 6 nitrogen and oxygen atoms in total. The summed E-state index contributed by atoms with van der Waals surface area (Å²) < 4.78 is 1.88. The molecule has 0 spiro atoms. The van der Waals surface area contributed by atoms with Crippen LogP contribution in [0.2, 0.25) is 0 Å². The molecule has 0 saturated carbocycles. The fraction of sp³-hybridized carbons (Fsp3) is 0.615. The van der Waals surface area contributed by atoms with Gasteiger partial charge < -0.3 is 10.2 Å². The smallest absolute Gasteiger partial charge is 0.203 e. The van der Waals surface area contributed by atoms with Crippen LogP contribution < -0.4 is 5.32 Å². The summed E-state index contributed by atoms with van der Waals surface area (Å²) >= 11 is 0. The third-order valence-electron chi connectivity index (χ3n) is 4.09. The first kappa shape index (κ1) is 12.3. The van der Waals surface area contributed by atoms with E-state index < -0.39 is 0 Å². The Morgan fingerprint density at radius 2 is 2.16 bits per heavy atom. The Hall–Kier alpha value is -1.69. The number of hydrogen-bond acceptors (Lipinski definition) is 5. The topological polar surface area (TPSA) is 58.4 Å². The fourth-order valence-corrected chi connectivity index (χ4v) is 2.52. The van der Waals surface area contributed by atoms with Crippen molar-refractivity contribution in [1.29, 1.82) is 0 Å². The van der Waals surface area contributed by atoms with E-state index in [-0.39, 0.29) is 0 Å². The summed E-state index contributed by atoms with van der Waals surface area (Å²) in [5.41, 5.74) is 1.13. The second kappa shape index (κ2) is 4.77. The molecule has 0 radical (unpaired) electrons. The molecule has 0 unspecified atom stereocenters. The van der Waals surface area contributed by atoms with Crippen molar-refractivity contribution in [2.75, 3.05) is 32.0 Å². The third-order valence-corrected chi connectivity index (χ3v) is 4.09. The second-order valence-electron chi connectivity index (χ2n) is 5.81. The maximum atomic E-state index is 4.36. The van der Waals surface area contributed by atoms with Gasteiger partial charge in [0.1, 0.15) is 6.33 Å². The van der Waals surface area contributed by atoms with Crippen molar-refractivity contribution < 1.29 is 0 Å². The van der Waals surface area contributed by atoms with Crippen LogP contribution in [0.15, 0.2) is 18.7 Å². The van der Waals surface area contributed by atoms with Crippen LogP contribution in [0.4, 0.5) is 5.82 Å². The molecular formula is C13H20N6. The van der Waals surface area contributed by atoms with Crippen molar-refractivity contribution in [3.8, 4) is 0 Å². The molecule has 1 saturated heterocycles. The van der Waals surface area contributed by atoms with Gasteiger partial charge in [0.25, 0.3) is 0 Å². The molecule has 0 bridgehead atoms. The van der Waals surface area contributed by atoms with E-state index in [2.05, 4.69) is 39.4 Å². The van der Waals surface area contributed by atoms with Crippen molar-refractivity contribution >= 4 is 11.5 Å². The Morgan fingerprint density at radius 3 is 2.95 bits per heavy atom. The van der Waals surface area contributed by atoms with Crippen LogP contribution in [0.1, 0.15) is 19.8 Å². The summed E-state index contributed by atoms with van der Waals surface area (Å²) in [6.07, 6.45) is 7.76. The molecule has 1 N–H and O–H groups in total. The Labute approximate surface area is 112 Å². The molecule has 1 aliphatic heterocycles. The minimum Gasteiger partial charge on any atom is -0.366 e. The number of hydrogen-bond donors (Lipinski definition) is 1. The van der Waals surface area contributed by atoms with Crippen LogP contribution in [0.3, 0.4) is 0 Å². The van der Waals surface area contributed by atoms with Gasteiger partial charge in [-0.2, -0.15) is 0 Å². The summed E-state index contributed by atoms with van der Waals surface area (Å²) in [5.74, 6) is 0.820. The lowest BCUT2D eigenvalue weighted by atomic mass is 9.80. The van der Waals surface area contributed by atoms with Gasteiger partial charge in [0.15, 0.2) is 5.82 Å². The molecule has 6 heteroatoms. The van der Waals surface area contributed by atoms with E-state index in [0.29, 0.717) is 5.41 Å². The number of likely N-dealkylation sites (tertiary alicyclic amines) is 1. The Bertz CT molecular complexity index is 555. The molecule has 1 aliphatic rings. The Kier molecular flexibility index (Phi) is 3.10. The van der Waals surface area contributed by atoms with E-state index in [0.717, 1.165) is 18.0 Å².